The quantitative estimate of drug-likeness (QED) is 0.794. The summed E-state index contributed by atoms with van der Waals surface area (Å²) in [6.45, 7) is 2.05. The van der Waals surface area contributed by atoms with Gasteiger partial charge in [0.1, 0.15) is 0 Å². The summed E-state index contributed by atoms with van der Waals surface area (Å²) in [5.41, 5.74) is 8.47. The van der Waals surface area contributed by atoms with Crippen LogP contribution in [0, 0.1) is 12.8 Å². The van der Waals surface area contributed by atoms with Gasteiger partial charge in [0.15, 0.2) is 0 Å². The van der Waals surface area contributed by atoms with E-state index in [4.69, 9.17) is 17.3 Å². The van der Waals surface area contributed by atoms with E-state index in [1.807, 2.05) is 13.0 Å². The molecule has 0 aromatic heterocycles. The second-order valence-corrected chi connectivity index (χ2v) is 4.65. The largest absolute Gasteiger partial charge is 0.324 e. The third-order valence-corrected chi connectivity index (χ3v) is 3.50. The van der Waals surface area contributed by atoms with Crippen molar-refractivity contribution in [1.29, 1.82) is 0 Å². The fourth-order valence-corrected chi connectivity index (χ4v) is 2.32. The first-order valence-electron chi connectivity index (χ1n) is 5.20. The van der Waals surface area contributed by atoms with E-state index in [1.165, 1.54) is 24.8 Å². The van der Waals surface area contributed by atoms with Crippen molar-refractivity contribution >= 4 is 11.6 Å². The highest BCUT2D eigenvalue weighted by molar-refractivity contribution is 6.31. The molecule has 1 aliphatic carbocycles. The van der Waals surface area contributed by atoms with Gasteiger partial charge in [0.25, 0.3) is 0 Å². The third-order valence-electron chi connectivity index (χ3n) is 3.17. The molecule has 1 aromatic rings. The van der Waals surface area contributed by atoms with Gasteiger partial charge in [-0.25, -0.2) is 0 Å². The van der Waals surface area contributed by atoms with Crippen molar-refractivity contribution in [3.63, 3.8) is 0 Å². The Kier molecular flexibility index (Phi) is 2.80. The van der Waals surface area contributed by atoms with Gasteiger partial charge in [-0.05, 0) is 42.9 Å². The fraction of sp³-hybridized carbons (Fsp3) is 0.500. The molecule has 1 atom stereocenters. The van der Waals surface area contributed by atoms with E-state index >= 15 is 0 Å². The number of hydrogen-bond donors (Lipinski definition) is 1. The van der Waals surface area contributed by atoms with Crippen molar-refractivity contribution in [3.05, 3.63) is 34.3 Å². The van der Waals surface area contributed by atoms with E-state index in [2.05, 4.69) is 12.1 Å². The molecule has 1 unspecified atom stereocenters. The number of aryl methyl sites for hydroxylation is 1. The summed E-state index contributed by atoms with van der Waals surface area (Å²) >= 11 is 6.17. The summed E-state index contributed by atoms with van der Waals surface area (Å²) in [5, 5.41) is 0.824. The zero-order valence-corrected chi connectivity index (χ0v) is 9.22. The van der Waals surface area contributed by atoms with Crippen LogP contribution in [-0.4, -0.2) is 0 Å². The van der Waals surface area contributed by atoms with Gasteiger partial charge in [0.2, 0.25) is 0 Å². The van der Waals surface area contributed by atoms with Crippen molar-refractivity contribution in [1.82, 2.24) is 0 Å². The minimum atomic E-state index is 0.136. The summed E-state index contributed by atoms with van der Waals surface area (Å²) < 4.78 is 0. The van der Waals surface area contributed by atoms with Gasteiger partial charge in [-0.2, -0.15) is 0 Å². The lowest BCUT2D eigenvalue weighted by Gasteiger charge is -2.32. The Morgan fingerprint density at radius 1 is 1.43 bits per heavy atom. The van der Waals surface area contributed by atoms with Crippen molar-refractivity contribution in [2.45, 2.75) is 32.2 Å². The molecule has 1 aliphatic rings. The highest BCUT2D eigenvalue weighted by Gasteiger charge is 2.26. The second kappa shape index (κ2) is 3.92. The molecule has 76 valence electrons. The van der Waals surface area contributed by atoms with Gasteiger partial charge in [0.05, 0.1) is 0 Å². The van der Waals surface area contributed by atoms with E-state index in [0.29, 0.717) is 5.92 Å². The summed E-state index contributed by atoms with van der Waals surface area (Å²) in [7, 11) is 0. The first-order valence-corrected chi connectivity index (χ1v) is 5.58. The number of rotatable bonds is 2. The summed E-state index contributed by atoms with van der Waals surface area (Å²) in [5.74, 6) is 0.648. The van der Waals surface area contributed by atoms with E-state index in [1.54, 1.807) is 0 Å². The van der Waals surface area contributed by atoms with Gasteiger partial charge in [-0.1, -0.05) is 30.2 Å². The average Bonchev–Trinajstić information content (AvgIpc) is 2.00. The molecular formula is C12H16ClN. The van der Waals surface area contributed by atoms with Crippen LogP contribution in [0.25, 0.3) is 0 Å². The minimum Gasteiger partial charge on any atom is -0.324 e. The molecule has 2 N–H and O–H groups in total. The van der Waals surface area contributed by atoms with Gasteiger partial charge < -0.3 is 5.73 Å². The Labute approximate surface area is 90.3 Å². The zero-order valence-electron chi connectivity index (χ0n) is 8.46. The topological polar surface area (TPSA) is 26.0 Å². The van der Waals surface area contributed by atoms with Crippen LogP contribution >= 0.6 is 11.6 Å². The van der Waals surface area contributed by atoms with E-state index in [0.717, 1.165) is 10.6 Å². The predicted molar refractivity (Wildman–Crippen MR) is 60.5 cm³/mol. The van der Waals surface area contributed by atoms with Gasteiger partial charge in [-0.15, -0.1) is 0 Å². The van der Waals surface area contributed by atoms with E-state index in [9.17, 15) is 0 Å². The van der Waals surface area contributed by atoms with Crippen LogP contribution in [-0.2, 0) is 0 Å². The minimum absolute atomic E-state index is 0.136. The standard InChI is InChI=1S/C12H16ClN/c1-8-5-6-10(11(13)7-8)12(14)9-3-2-4-9/h5-7,9,12H,2-4,14H2,1H3. The normalized spacial score (nSPS) is 19.1. The van der Waals surface area contributed by atoms with Crippen LogP contribution in [0.2, 0.25) is 5.02 Å². The molecule has 1 saturated carbocycles. The lowest BCUT2D eigenvalue weighted by atomic mass is 9.77. The van der Waals surface area contributed by atoms with Gasteiger partial charge >= 0.3 is 0 Å². The Bertz CT molecular complexity index is 331. The molecule has 0 aliphatic heterocycles. The summed E-state index contributed by atoms with van der Waals surface area (Å²) in [6.07, 6.45) is 3.83. The van der Waals surface area contributed by atoms with E-state index in [-0.39, 0.29) is 6.04 Å². The van der Waals surface area contributed by atoms with Gasteiger partial charge in [-0.3, -0.25) is 0 Å². The highest BCUT2D eigenvalue weighted by atomic mass is 35.5. The van der Waals surface area contributed by atoms with Crippen molar-refractivity contribution in [2.75, 3.05) is 0 Å². The molecule has 1 nitrogen and oxygen atoms in total. The van der Waals surface area contributed by atoms with Crippen molar-refractivity contribution < 1.29 is 0 Å². The number of nitrogens with two attached hydrogens (primary N) is 1. The number of halogens is 1. The van der Waals surface area contributed by atoms with Crippen LogP contribution < -0.4 is 5.73 Å². The molecule has 2 rings (SSSR count). The van der Waals surface area contributed by atoms with Crippen LogP contribution in [0.1, 0.15) is 36.4 Å². The summed E-state index contributed by atoms with van der Waals surface area (Å²) in [4.78, 5) is 0. The zero-order chi connectivity index (χ0) is 10.1. The molecule has 0 saturated heterocycles. The van der Waals surface area contributed by atoms with Crippen LogP contribution in [0.4, 0.5) is 0 Å². The molecule has 0 radical (unpaired) electrons. The monoisotopic (exact) mass is 209 g/mol. The molecule has 0 spiro atoms. The molecule has 0 bridgehead atoms. The summed E-state index contributed by atoms with van der Waals surface area (Å²) in [6, 6.07) is 6.28. The maximum absolute atomic E-state index is 6.17. The predicted octanol–water partition coefficient (Wildman–Crippen LogP) is 3.45. The first-order chi connectivity index (χ1) is 6.68. The second-order valence-electron chi connectivity index (χ2n) is 4.24. The number of benzene rings is 1. The third kappa shape index (κ3) is 1.79. The Balaban J connectivity index is 2.22. The molecular weight excluding hydrogens is 194 g/mol. The van der Waals surface area contributed by atoms with Crippen LogP contribution in [0.5, 0.6) is 0 Å². The Morgan fingerprint density at radius 3 is 2.64 bits per heavy atom. The van der Waals surface area contributed by atoms with Crippen LogP contribution in [0.3, 0.4) is 0 Å². The smallest absolute Gasteiger partial charge is 0.0456 e. The molecule has 1 fully saturated rings. The fourth-order valence-electron chi connectivity index (χ4n) is 1.96. The van der Waals surface area contributed by atoms with Gasteiger partial charge in [0, 0.05) is 11.1 Å². The molecule has 2 heteroatoms. The van der Waals surface area contributed by atoms with E-state index < -0.39 is 0 Å². The Hall–Kier alpha value is -0.530. The van der Waals surface area contributed by atoms with Crippen molar-refractivity contribution in [2.24, 2.45) is 11.7 Å². The maximum atomic E-state index is 6.17. The molecule has 14 heavy (non-hydrogen) atoms. The highest BCUT2D eigenvalue weighted by Crippen LogP contribution is 2.38. The lowest BCUT2D eigenvalue weighted by Crippen LogP contribution is -2.27. The maximum Gasteiger partial charge on any atom is 0.0456 e. The molecule has 0 heterocycles. The Morgan fingerprint density at radius 2 is 2.14 bits per heavy atom. The average molecular weight is 210 g/mol. The number of hydrogen-bond acceptors (Lipinski definition) is 1. The van der Waals surface area contributed by atoms with Crippen LogP contribution in [0.15, 0.2) is 18.2 Å². The molecule has 1 aromatic carbocycles. The van der Waals surface area contributed by atoms with Crippen molar-refractivity contribution in [3.8, 4) is 0 Å². The lowest BCUT2D eigenvalue weighted by molar-refractivity contribution is 0.264. The SMILES string of the molecule is Cc1ccc(C(N)C2CCC2)c(Cl)c1. The molecule has 0 amide bonds. The first kappa shape index (κ1) is 10.0.